The second kappa shape index (κ2) is 8.13. The first-order chi connectivity index (χ1) is 9.81. The Balaban J connectivity index is 1.83. The largest absolute Gasteiger partial charge is 0.478 e. The Hall–Kier alpha value is -1.25. The van der Waals surface area contributed by atoms with E-state index in [-0.39, 0.29) is 0 Å². The van der Waals surface area contributed by atoms with Crippen molar-refractivity contribution in [3.63, 3.8) is 0 Å². The Morgan fingerprint density at radius 2 is 2.10 bits per heavy atom. The first-order valence-electron chi connectivity index (χ1n) is 8.17. The van der Waals surface area contributed by atoms with Crippen LogP contribution in [0.15, 0.2) is 18.3 Å². The van der Waals surface area contributed by atoms with Gasteiger partial charge in [0.2, 0.25) is 5.88 Å². The Labute approximate surface area is 123 Å². The average Bonchev–Trinajstić information content (AvgIpc) is 2.68. The molecule has 0 spiro atoms. The van der Waals surface area contributed by atoms with E-state index in [4.69, 9.17) is 4.74 Å². The fraction of sp³-hybridized carbons (Fsp3) is 0.706. The Bertz CT molecular complexity index is 377. The molecule has 3 nitrogen and oxygen atoms in total. The van der Waals surface area contributed by atoms with Crippen LogP contribution < -0.4 is 10.1 Å². The van der Waals surface area contributed by atoms with E-state index >= 15 is 0 Å². The number of rotatable bonds is 6. The summed E-state index contributed by atoms with van der Waals surface area (Å²) >= 11 is 0. The van der Waals surface area contributed by atoms with Gasteiger partial charge in [-0.05, 0) is 38.2 Å². The van der Waals surface area contributed by atoms with Crippen LogP contribution >= 0.6 is 0 Å². The predicted molar refractivity (Wildman–Crippen MR) is 84.3 cm³/mol. The van der Waals surface area contributed by atoms with Crippen molar-refractivity contribution in [2.24, 2.45) is 5.92 Å². The van der Waals surface area contributed by atoms with Crippen molar-refractivity contribution >= 4 is 5.69 Å². The number of nitrogens with one attached hydrogen (secondary N) is 1. The third-order valence-corrected chi connectivity index (χ3v) is 4.18. The molecule has 1 heterocycles. The van der Waals surface area contributed by atoms with Gasteiger partial charge in [-0.3, -0.25) is 0 Å². The van der Waals surface area contributed by atoms with Crippen molar-refractivity contribution in [2.75, 3.05) is 11.9 Å². The highest BCUT2D eigenvalue weighted by Gasteiger charge is 2.18. The van der Waals surface area contributed by atoms with Gasteiger partial charge in [0, 0.05) is 12.1 Å². The fourth-order valence-corrected chi connectivity index (χ4v) is 3.15. The van der Waals surface area contributed by atoms with E-state index < -0.39 is 0 Å². The molecule has 0 aromatic carbocycles. The Morgan fingerprint density at radius 3 is 2.80 bits per heavy atom. The number of hydrogen-bond acceptors (Lipinski definition) is 3. The molecule has 0 saturated heterocycles. The topological polar surface area (TPSA) is 34.1 Å². The molecule has 1 fully saturated rings. The van der Waals surface area contributed by atoms with Gasteiger partial charge >= 0.3 is 0 Å². The first kappa shape index (κ1) is 15.1. The number of ether oxygens (including phenoxy) is 1. The van der Waals surface area contributed by atoms with Crippen LogP contribution in [0.4, 0.5) is 5.69 Å². The molecular weight excluding hydrogens is 248 g/mol. The zero-order valence-corrected chi connectivity index (χ0v) is 12.9. The summed E-state index contributed by atoms with van der Waals surface area (Å²) < 4.78 is 5.37. The molecule has 2 unspecified atom stereocenters. The normalized spacial score (nSPS) is 23.1. The third-order valence-electron chi connectivity index (χ3n) is 4.18. The monoisotopic (exact) mass is 276 g/mol. The first-order valence-corrected chi connectivity index (χ1v) is 8.17. The second-order valence-corrected chi connectivity index (χ2v) is 5.82. The van der Waals surface area contributed by atoms with E-state index in [1.54, 1.807) is 0 Å². The third kappa shape index (κ3) is 4.69. The average molecular weight is 276 g/mol. The van der Waals surface area contributed by atoms with Gasteiger partial charge in [0.15, 0.2) is 0 Å². The summed E-state index contributed by atoms with van der Waals surface area (Å²) in [5, 5.41) is 3.63. The fourth-order valence-electron chi connectivity index (χ4n) is 3.15. The molecule has 112 valence electrons. The lowest BCUT2D eigenvalue weighted by molar-refractivity contribution is 0.327. The van der Waals surface area contributed by atoms with Crippen molar-refractivity contribution in [2.45, 2.75) is 64.8 Å². The maximum atomic E-state index is 5.37. The van der Waals surface area contributed by atoms with Gasteiger partial charge in [0.05, 0.1) is 18.5 Å². The van der Waals surface area contributed by atoms with Gasteiger partial charge in [-0.15, -0.1) is 0 Å². The van der Waals surface area contributed by atoms with E-state index in [0.29, 0.717) is 18.5 Å². The van der Waals surface area contributed by atoms with Crippen LogP contribution in [0.2, 0.25) is 0 Å². The summed E-state index contributed by atoms with van der Waals surface area (Å²) in [6, 6.07) is 4.63. The zero-order chi connectivity index (χ0) is 14.2. The summed E-state index contributed by atoms with van der Waals surface area (Å²) in [6.45, 7) is 4.94. The van der Waals surface area contributed by atoms with Crippen molar-refractivity contribution in [1.82, 2.24) is 4.98 Å². The molecule has 0 amide bonds. The molecule has 1 N–H and O–H groups in total. The lowest BCUT2D eigenvalue weighted by atomic mass is 9.95. The number of nitrogens with zero attached hydrogens (tertiary/aromatic N) is 1. The summed E-state index contributed by atoms with van der Waals surface area (Å²) in [5.74, 6) is 1.66. The van der Waals surface area contributed by atoms with Crippen LogP contribution in [0.5, 0.6) is 5.88 Å². The summed E-state index contributed by atoms with van der Waals surface area (Å²) in [6.07, 6.45) is 11.3. The van der Waals surface area contributed by atoms with Crippen molar-refractivity contribution in [1.29, 1.82) is 0 Å². The van der Waals surface area contributed by atoms with E-state index in [2.05, 4.69) is 23.3 Å². The Morgan fingerprint density at radius 1 is 1.20 bits per heavy atom. The number of anilines is 1. The maximum absolute atomic E-state index is 5.37. The molecule has 3 heteroatoms. The highest BCUT2D eigenvalue weighted by atomic mass is 16.5. The standard InChI is InChI=1S/C17H28N2O/c1-3-6-14-7-5-8-15(10-9-14)19-16-11-12-17(18-13-16)20-4-2/h11-15,19H,3-10H2,1-2H3. The second-order valence-electron chi connectivity index (χ2n) is 5.82. The molecule has 1 aromatic heterocycles. The molecule has 1 aliphatic carbocycles. The number of aromatic nitrogens is 1. The van der Waals surface area contributed by atoms with Crippen molar-refractivity contribution in [3.05, 3.63) is 18.3 Å². The van der Waals surface area contributed by atoms with Gasteiger partial charge in [-0.2, -0.15) is 0 Å². The van der Waals surface area contributed by atoms with Crippen molar-refractivity contribution < 1.29 is 4.74 Å². The number of hydrogen-bond donors (Lipinski definition) is 1. The van der Waals surface area contributed by atoms with Crippen LogP contribution in [0.3, 0.4) is 0 Å². The van der Waals surface area contributed by atoms with Crippen LogP contribution in [0.1, 0.15) is 58.8 Å². The molecule has 1 aromatic rings. The highest BCUT2D eigenvalue weighted by molar-refractivity contribution is 5.43. The lowest BCUT2D eigenvalue weighted by Crippen LogP contribution is -2.18. The molecule has 2 atom stereocenters. The summed E-state index contributed by atoms with van der Waals surface area (Å²) in [4.78, 5) is 4.32. The van der Waals surface area contributed by atoms with Crippen LogP contribution in [-0.4, -0.2) is 17.6 Å². The molecule has 0 bridgehead atoms. The zero-order valence-electron chi connectivity index (χ0n) is 12.9. The van der Waals surface area contributed by atoms with E-state index in [9.17, 15) is 0 Å². The van der Waals surface area contributed by atoms with Gasteiger partial charge in [-0.1, -0.05) is 32.6 Å². The van der Waals surface area contributed by atoms with E-state index in [1.165, 1.54) is 44.9 Å². The van der Waals surface area contributed by atoms with Crippen LogP contribution in [0, 0.1) is 5.92 Å². The van der Waals surface area contributed by atoms with Gasteiger partial charge in [0.1, 0.15) is 0 Å². The molecule has 20 heavy (non-hydrogen) atoms. The molecule has 0 radical (unpaired) electrons. The van der Waals surface area contributed by atoms with Gasteiger partial charge in [0.25, 0.3) is 0 Å². The minimum absolute atomic E-state index is 0.608. The molecule has 2 rings (SSSR count). The summed E-state index contributed by atoms with van der Waals surface area (Å²) in [7, 11) is 0. The van der Waals surface area contributed by atoms with Gasteiger partial charge in [-0.25, -0.2) is 4.98 Å². The summed E-state index contributed by atoms with van der Waals surface area (Å²) in [5.41, 5.74) is 1.12. The number of pyridine rings is 1. The van der Waals surface area contributed by atoms with Crippen LogP contribution in [-0.2, 0) is 0 Å². The lowest BCUT2D eigenvalue weighted by Gasteiger charge is -2.18. The van der Waals surface area contributed by atoms with Gasteiger partial charge < -0.3 is 10.1 Å². The highest BCUT2D eigenvalue weighted by Crippen LogP contribution is 2.28. The SMILES string of the molecule is CCCC1CCCC(Nc2ccc(OCC)nc2)CC1. The molecule has 0 aliphatic heterocycles. The molecule has 1 saturated carbocycles. The molecular formula is C17H28N2O. The van der Waals surface area contributed by atoms with Crippen LogP contribution in [0.25, 0.3) is 0 Å². The van der Waals surface area contributed by atoms with E-state index in [0.717, 1.165) is 11.6 Å². The quantitative estimate of drug-likeness (QED) is 0.768. The minimum atomic E-state index is 0.608. The predicted octanol–water partition coefficient (Wildman–Crippen LogP) is 4.64. The van der Waals surface area contributed by atoms with Crippen molar-refractivity contribution in [3.8, 4) is 5.88 Å². The Kier molecular flexibility index (Phi) is 6.16. The minimum Gasteiger partial charge on any atom is -0.478 e. The maximum Gasteiger partial charge on any atom is 0.213 e. The molecule has 1 aliphatic rings. The van der Waals surface area contributed by atoms with E-state index in [1.807, 2.05) is 19.2 Å². The smallest absolute Gasteiger partial charge is 0.213 e.